The topological polar surface area (TPSA) is 26.0 Å². The third kappa shape index (κ3) is 1.42. The van der Waals surface area contributed by atoms with Crippen molar-refractivity contribution in [2.45, 2.75) is 18.4 Å². The Morgan fingerprint density at radius 3 is 2.00 bits per heavy atom. The van der Waals surface area contributed by atoms with Crippen LogP contribution in [0.4, 0.5) is 13.2 Å². The van der Waals surface area contributed by atoms with Crippen molar-refractivity contribution in [2.75, 3.05) is 0 Å². The van der Waals surface area contributed by atoms with Gasteiger partial charge in [0.15, 0.2) is 17.5 Å². The molecule has 70 valence electrons. The summed E-state index contributed by atoms with van der Waals surface area (Å²) >= 11 is 0. The molecular weight excluding hydrogens is 179 g/mol. The Hall–Kier alpha value is -1.03. The minimum atomic E-state index is -1.42. The molecule has 1 saturated carbocycles. The number of hydrogen-bond donors (Lipinski definition) is 1. The van der Waals surface area contributed by atoms with Gasteiger partial charge in [-0.3, -0.25) is 0 Å². The fraction of sp³-hybridized carbons (Fsp3) is 0.333. The molecule has 1 fully saturated rings. The van der Waals surface area contributed by atoms with Gasteiger partial charge in [0.2, 0.25) is 0 Å². The Morgan fingerprint density at radius 2 is 1.62 bits per heavy atom. The first kappa shape index (κ1) is 8.56. The van der Waals surface area contributed by atoms with Gasteiger partial charge in [0, 0.05) is 12.0 Å². The lowest BCUT2D eigenvalue weighted by Crippen LogP contribution is -2.02. The van der Waals surface area contributed by atoms with Crippen LogP contribution in [0.5, 0.6) is 0 Å². The van der Waals surface area contributed by atoms with E-state index in [0.717, 1.165) is 12.1 Å². The second-order valence-corrected chi connectivity index (χ2v) is 3.30. The molecule has 4 heteroatoms. The predicted octanol–water partition coefficient (Wildman–Crippen LogP) is 1.92. The van der Waals surface area contributed by atoms with E-state index in [0.29, 0.717) is 12.0 Å². The molecule has 0 radical (unpaired) electrons. The van der Waals surface area contributed by atoms with E-state index in [9.17, 15) is 13.2 Å². The molecule has 2 N–H and O–H groups in total. The lowest BCUT2D eigenvalue weighted by molar-refractivity contribution is 0.445. The molecule has 1 aliphatic carbocycles. The van der Waals surface area contributed by atoms with Crippen molar-refractivity contribution in [3.05, 3.63) is 35.1 Å². The van der Waals surface area contributed by atoms with Crippen LogP contribution in [0.1, 0.15) is 17.9 Å². The van der Waals surface area contributed by atoms with E-state index < -0.39 is 17.5 Å². The van der Waals surface area contributed by atoms with E-state index in [2.05, 4.69) is 0 Å². The summed E-state index contributed by atoms with van der Waals surface area (Å²) in [7, 11) is 0. The van der Waals surface area contributed by atoms with E-state index in [1.165, 1.54) is 0 Å². The van der Waals surface area contributed by atoms with E-state index >= 15 is 0 Å². The molecule has 2 rings (SSSR count). The largest absolute Gasteiger partial charge is 0.327 e. The Kier molecular flexibility index (Phi) is 1.80. The minimum absolute atomic E-state index is 0.00963. The molecule has 0 aromatic heterocycles. The molecule has 0 unspecified atom stereocenters. The fourth-order valence-corrected chi connectivity index (χ4v) is 1.39. The maximum absolute atomic E-state index is 12.7. The van der Waals surface area contributed by atoms with Crippen molar-refractivity contribution < 1.29 is 13.2 Å². The molecule has 0 amide bonds. The quantitative estimate of drug-likeness (QED) is 0.668. The molecule has 1 aliphatic rings. The van der Waals surface area contributed by atoms with Crippen molar-refractivity contribution in [3.63, 3.8) is 0 Å². The third-order valence-electron chi connectivity index (χ3n) is 2.27. The molecule has 13 heavy (non-hydrogen) atoms. The first-order chi connectivity index (χ1) is 6.09. The summed E-state index contributed by atoms with van der Waals surface area (Å²) in [5.74, 6) is -3.72. The molecule has 0 heterocycles. The molecule has 2 atom stereocenters. The average molecular weight is 187 g/mol. The predicted molar refractivity (Wildman–Crippen MR) is 41.6 cm³/mol. The van der Waals surface area contributed by atoms with Crippen LogP contribution in [0, 0.1) is 17.5 Å². The number of nitrogens with two attached hydrogens (primary N) is 1. The smallest absolute Gasteiger partial charge is 0.194 e. The molecule has 0 bridgehead atoms. The van der Waals surface area contributed by atoms with Crippen LogP contribution in [0.15, 0.2) is 12.1 Å². The zero-order chi connectivity index (χ0) is 9.59. The van der Waals surface area contributed by atoms with Gasteiger partial charge >= 0.3 is 0 Å². The van der Waals surface area contributed by atoms with Crippen molar-refractivity contribution in [2.24, 2.45) is 5.73 Å². The SMILES string of the molecule is N[C@H]1C[C@H]1c1cc(F)c(F)c(F)c1. The second-order valence-electron chi connectivity index (χ2n) is 3.30. The van der Waals surface area contributed by atoms with Crippen molar-refractivity contribution >= 4 is 0 Å². The number of benzene rings is 1. The zero-order valence-corrected chi connectivity index (χ0v) is 6.73. The standard InChI is InChI=1S/C9H8F3N/c10-6-1-4(5-3-8(5)13)2-7(11)9(6)12/h1-2,5,8H,3,13H2/t5-,8-/m0/s1. The summed E-state index contributed by atoms with van der Waals surface area (Å²) in [5, 5.41) is 0. The monoisotopic (exact) mass is 187 g/mol. The fourth-order valence-electron chi connectivity index (χ4n) is 1.39. The maximum atomic E-state index is 12.7. The minimum Gasteiger partial charge on any atom is -0.327 e. The van der Waals surface area contributed by atoms with Crippen LogP contribution >= 0.6 is 0 Å². The summed E-state index contributed by atoms with van der Waals surface area (Å²) in [6.07, 6.45) is 0.713. The molecule has 0 aliphatic heterocycles. The van der Waals surface area contributed by atoms with Gasteiger partial charge in [0.05, 0.1) is 0 Å². The van der Waals surface area contributed by atoms with Gasteiger partial charge in [-0.05, 0) is 24.1 Å². The summed E-state index contributed by atoms with van der Waals surface area (Å²) in [5.41, 5.74) is 5.95. The lowest BCUT2D eigenvalue weighted by atomic mass is 10.1. The van der Waals surface area contributed by atoms with E-state index in [4.69, 9.17) is 5.73 Å². The van der Waals surface area contributed by atoms with Gasteiger partial charge in [0.25, 0.3) is 0 Å². The van der Waals surface area contributed by atoms with Crippen molar-refractivity contribution in [1.29, 1.82) is 0 Å². The van der Waals surface area contributed by atoms with E-state index in [-0.39, 0.29) is 12.0 Å². The highest BCUT2D eigenvalue weighted by Crippen LogP contribution is 2.39. The summed E-state index contributed by atoms with van der Waals surface area (Å²) in [6, 6.07) is 1.98. The molecule has 1 aromatic rings. The lowest BCUT2D eigenvalue weighted by Gasteiger charge is -2.00. The number of halogens is 3. The Morgan fingerprint density at radius 1 is 1.15 bits per heavy atom. The zero-order valence-electron chi connectivity index (χ0n) is 6.73. The molecule has 1 nitrogen and oxygen atoms in total. The second kappa shape index (κ2) is 2.73. The van der Waals surface area contributed by atoms with E-state index in [1.807, 2.05) is 0 Å². The van der Waals surface area contributed by atoms with Crippen molar-refractivity contribution in [1.82, 2.24) is 0 Å². The first-order valence-electron chi connectivity index (χ1n) is 3.99. The van der Waals surface area contributed by atoms with Gasteiger partial charge in [-0.15, -0.1) is 0 Å². The van der Waals surface area contributed by atoms with Crippen LogP contribution in [0.3, 0.4) is 0 Å². The Balaban J connectivity index is 2.39. The van der Waals surface area contributed by atoms with Gasteiger partial charge in [-0.25, -0.2) is 13.2 Å². The van der Waals surface area contributed by atoms with Gasteiger partial charge in [-0.2, -0.15) is 0 Å². The van der Waals surface area contributed by atoms with Crippen LogP contribution in [-0.2, 0) is 0 Å². The highest BCUT2D eigenvalue weighted by atomic mass is 19.2. The third-order valence-corrected chi connectivity index (χ3v) is 2.27. The summed E-state index contributed by atoms with van der Waals surface area (Å²) in [4.78, 5) is 0. The molecular formula is C9H8F3N. The van der Waals surface area contributed by atoms with Gasteiger partial charge in [-0.1, -0.05) is 0 Å². The van der Waals surface area contributed by atoms with Crippen molar-refractivity contribution in [3.8, 4) is 0 Å². The Labute approximate surface area is 73.4 Å². The van der Waals surface area contributed by atoms with Crippen LogP contribution in [0.2, 0.25) is 0 Å². The molecule has 0 saturated heterocycles. The number of hydrogen-bond acceptors (Lipinski definition) is 1. The maximum Gasteiger partial charge on any atom is 0.194 e. The Bertz CT molecular complexity index is 328. The highest BCUT2D eigenvalue weighted by Gasteiger charge is 2.35. The van der Waals surface area contributed by atoms with Gasteiger partial charge in [0.1, 0.15) is 0 Å². The molecule has 1 aromatic carbocycles. The highest BCUT2D eigenvalue weighted by molar-refractivity contribution is 5.29. The van der Waals surface area contributed by atoms with Crippen LogP contribution < -0.4 is 5.73 Å². The van der Waals surface area contributed by atoms with E-state index in [1.54, 1.807) is 0 Å². The average Bonchev–Trinajstić information content (AvgIpc) is 2.77. The summed E-state index contributed by atoms with van der Waals surface area (Å²) < 4.78 is 37.9. The van der Waals surface area contributed by atoms with Gasteiger partial charge < -0.3 is 5.73 Å². The van der Waals surface area contributed by atoms with Crippen LogP contribution in [0.25, 0.3) is 0 Å². The normalized spacial score (nSPS) is 26.2. The van der Waals surface area contributed by atoms with Crippen LogP contribution in [-0.4, -0.2) is 6.04 Å². The first-order valence-corrected chi connectivity index (χ1v) is 3.99. The summed E-state index contributed by atoms with van der Waals surface area (Å²) in [6.45, 7) is 0. The number of rotatable bonds is 1. The molecule has 0 spiro atoms.